The Hall–Kier alpha value is -5.10. The van der Waals surface area contributed by atoms with E-state index in [9.17, 15) is 9.59 Å². The summed E-state index contributed by atoms with van der Waals surface area (Å²) in [5.41, 5.74) is 4.51. The molecule has 0 aliphatic carbocycles. The summed E-state index contributed by atoms with van der Waals surface area (Å²) in [5.74, 6) is 2.22. The maximum Gasteiger partial charge on any atom is 0.411 e. The van der Waals surface area contributed by atoms with Gasteiger partial charge in [-0.05, 0) is 109 Å². The molecule has 12 heteroatoms. The molecule has 3 aliphatic heterocycles. The number of fused-ring (bicyclic) bond motifs is 7. The average molecular weight is 765 g/mol. The summed E-state index contributed by atoms with van der Waals surface area (Å²) in [4.78, 5) is 46.3. The third kappa shape index (κ3) is 9.46. The van der Waals surface area contributed by atoms with Crippen molar-refractivity contribution in [2.75, 3.05) is 26.3 Å². The fourth-order valence-electron chi connectivity index (χ4n) is 7.57. The molecule has 2 aromatic carbocycles. The zero-order chi connectivity index (χ0) is 39.5. The molecule has 0 saturated carbocycles. The Labute approximate surface area is 330 Å². The SMILES string of the molecule is CC(C)(C)OC(=O)N1CCC[C@H]1c1ncc(-c2ccc(-c3ccc4c(c3)OCCCCCC=CCO[C@H]3C[C@@H](c5ncc-4[nH]5)N(C(=O)OC(C)(C)C)C3)cc2)[nH]1. The van der Waals surface area contributed by atoms with Crippen LogP contribution < -0.4 is 4.74 Å². The number of carbonyl (C=O) groups excluding carboxylic acids is 2. The number of amides is 2. The number of aromatic nitrogens is 4. The van der Waals surface area contributed by atoms with Gasteiger partial charge in [-0.3, -0.25) is 9.80 Å². The molecule has 2 saturated heterocycles. The molecule has 3 atom stereocenters. The van der Waals surface area contributed by atoms with E-state index in [1.807, 2.05) is 53.9 Å². The summed E-state index contributed by atoms with van der Waals surface area (Å²) in [5, 5.41) is 0. The van der Waals surface area contributed by atoms with Crippen molar-refractivity contribution in [1.29, 1.82) is 0 Å². The summed E-state index contributed by atoms with van der Waals surface area (Å²) in [6, 6.07) is 14.2. The number of H-pyrrole nitrogens is 2. The molecular weight excluding hydrogens is 709 g/mol. The van der Waals surface area contributed by atoms with Crippen LogP contribution in [0.3, 0.4) is 0 Å². The molecule has 0 unspecified atom stereocenters. The molecule has 2 N–H and O–H groups in total. The maximum absolute atomic E-state index is 13.4. The van der Waals surface area contributed by atoms with E-state index in [4.69, 9.17) is 23.9 Å². The van der Waals surface area contributed by atoms with E-state index in [1.165, 1.54) is 0 Å². The first-order valence-corrected chi connectivity index (χ1v) is 20.0. The number of rotatable bonds is 3. The Morgan fingerprint density at radius 1 is 0.750 bits per heavy atom. The standard InChI is InChI=1S/C44H56N6O6/c1-43(2,3)55-41(51)49-21-13-14-36(49)39-45-26-34(47-39)30-17-15-29(16-18-30)31-19-20-33-35-27-46-40(48-35)37-25-32(28-50(37)42(52)56-44(4,5)6)53-22-11-9-7-8-10-12-23-54-38(33)24-31/h9,11,15-20,24,26-27,32,36-37H,7-8,10,12-14,21-23,25,28H2,1-6H3,(H,45,47)(H,46,48)/t32-,36-,37-/m0/s1. The summed E-state index contributed by atoms with van der Waals surface area (Å²) >= 11 is 0. The van der Waals surface area contributed by atoms with E-state index < -0.39 is 11.2 Å². The molecule has 0 spiro atoms. The van der Waals surface area contributed by atoms with Gasteiger partial charge < -0.3 is 28.9 Å². The smallest absolute Gasteiger partial charge is 0.411 e. The van der Waals surface area contributed by atoms with E-state index in [0.29, 0.717) is 38.5 Å². The number of nitrogens with one attached hydrogen (secondary N) is 2. The monoisotopic (exact) mass is 764 g/mol. The van der Waals surface area contributed by atoms with Crippen molar-refractivity contribution in [3.05, 3.63) is 78.7 Å². The van der Waals surface area contributed by atoms with E-state index in [2.05, 4.69) is 69.6 Å². The minimum absolute atomic E-state index is 0.133. The van der Waals surface area contributed by atoms with E-state index >= 15 is 0 Å². The second kappa shape index (κ2) is 16.6. The van der Waals surface area contributed by atoms with Crippen molar-refractivity contribution in [3.63, 3.8) is 0 Å². The molecule has 56 heavy (non-hydrogen) atoms. The highest BCUT2D eigenvalue weighted by Gasteiger charge is 2.41. The van der Waals surface area contributed by atoms with Crippen molar-refractivity contribution in [1.82, 2.24) is 29.7 Å². The highest BCUT2D eigenvalue weighted by atomic mass is 16.6. The Bertz CT molecular complexity index is 2000. The Morgan fingerprint density at radius 2 is 1.41 bits per heavy atom. The zero-order valence-electron chi connectivity index (χ0n) is 33.6. The number of imidazole rings is 2. The van der Waals surface area contributed by atoms with Crippen LogP contribution in [0, 0.1) is 0 Å². The lowest BCUT2D eigenvalue weighted by Gasteiger charge is -2.27. The summed E-state index contributed by atoms with van der Waals surface area (Å²) in [6.45, 7) is 13.5. The van der Waals surface area contributed by atoms with Crippen LogP contribution in [0.25, 0.3) is 33.6 Å². The number of hydrogen-bond acceptors (Lipinski definition) is 8. The summed E-state index contributed by atoms with van der Waals surface area (Å²) in [7, 11) is 0. The number of ether oxygens (including phenoxy) is 4. The molecule has 2 fully saturated rings. The summed E-state index contributed by atoms with van der Waals surface area (Å²) < 4.78 is 24.2. The number of hydrogen-bond donors (Lipinski definition) is 2. The van der Waals surface area contributed by atoms with Crippen molar-refractivity contribution in [2.24, 2.45) is 0 Å². The number of allylic oxidation sites excluding steroid dienone is 1. The Kier molecular flexibility index (Phi) is 11.6. The van der Waals surface area contributed by atoms with Gasteiger partial charge in [0.15, 0.2) is 0 Å². The van der Waals surface area contributed by atoms with Crippen LogP contribution in [-0.2, 0) is 14.2 Å². The van der Waals surface area contributed by atoms with Gasteiger partial charge in [0, 0.05) is 18.5 Å². The van der Waals surface area contributed by atoms with Crippen molar-refractivity contribution >= 4 is 12.2 Å². The van der Waals surface area contributed by atoms with Gasteiger partial charge in [-0.1, -0.05) is 42.5 Å². The largest absolute Gasteiger partial charge is 0.493 e. The number of aromatic amines is 2. The molecule has 4 aromatic rings. The Balaban J connectivity index is 1.12. The fraction of sp³-hybridized carbons (Fsp3) is 0.500. The minimum atomic E-state index is -0.622. The molecule has 12 nitrogen and oxygen atoms in total. The fourth-order valence-corrected chi connectivity index (χ4v) is 7.57. The van der Waals surface area contributed by atoms with Gasteiger partial charge in [-0.2, -0.15) is 0 Å². The zero-order valence-corrected chi connectivity index (χ0v) is 33.6. The van der Waals surface area contributed by atoms with Gasteiger partial charge in [0.05, 0.1) is 61.7 Å². The molecule has 4 bridgehead atoms. The first kappa shape index (κ1) is 39.1. The van der Waals surface area contributed by atoms with Crippen LogP contribution in [0.5, 0.6) is 5.75 Å². The minimum Gasteiger partial charge on any atom is -0.493 e. The summed E-state index contributed by atoms with van der Waals surface area (Å²) in [6.07, 6.45) is 13.5. The van der Waals surface area contributed by atoms with Gasteiger partial charge >= 0.3 is 12.2 Å². The van der Waals surface area contributed by atoms with Crippen molar-refractivity contribution in [2.45, 2.75) is 116 Å². The molecule has 0 radical (unpaired) electrons. The van der Waals surface area contributed by atoms with E-state index in [0.717, 1.165) is 83.7 Å². The lowest BCUT2D eigenvalue weighted by molar-refractivity contribution is 0.0176. The second-order valence-corrected chi connectivity index (χ2v) is 17.0. The predicted octanol–water partition coefficient (Wildman–Crippen LogP) is 9.78. The molecular formula is C44H56N6O6. The molecule has 2 aromatic heterocycles. The molecule has 2 amide bonds. The second-order valence-electron chi connectivity index (χ2n) is 17.0. The molecule has 7 rings (SSSR count). The van der Waals surface area contributed by atoms with E-state index in [1.54, 1.807) is 9.80 Å². The number of nitrogens with zero attached hydrogens (tertiary/aromatic N) is 4. The average Bonchev–Trinajstić information content (AvgIpc) is 3.97. The van der Waals surface area contributed by atoms with E-state index in [-0.39, 0.29) is 30.4 Å². The van der Waals surface area contributed by atoms with Gasteiger partial charge in [-0.25, -0.2) is 19.6 Å². The van der Waals surface area contributed by atoms with Crippen LogP contribution in [-0.4, -0.2) is 85.5 Å². The van der Waals surface area contributed by atoms with Crippen LogP contribution >= 0.6 is 0 Å². The van der Waals surface area contributed by atoms with Gasteiger partial charge in [0.2, 0.25) is 0 Å². The lowest BCUT2D eigenvalue weighted by Crippen LogP contribution is -2.37. The Morgan fingerprint density at radius 3 is 2.16 bits per heavy atom. The third-order valence-electron chi connectivity index (χ3n) is 10.3. The molecule has 298 valence electrons. The van der Waals surface area contributed by atoms with Crippen LogP contribution in [0.4, 0.5) is 9.59 Å². The number of likely N-dealkylation sites (tertiary alicyclic amines) is 2. The van der Waals surface area contributed by atoms with Crippen molar-refractivity contribution in [3.8, 4) is 39.4 Å². The first-order valence-electron chi connectivity index (χ1n) is 20.0. The molecule has 5 heterocycles. The van der Waals surface area contributed by atoms with Gasteiger partial charge in [-0.15, -0.1) is 0 Å². The topological polar surface area (TPSA) is 135 Å². The highest BCUT2D eigenvalue weighted by Crippen LogP contribution is 2.39. The normalized spacial score (nSPS) is 20.9. The van der Waals surface area contributed by atoms with Gasteiger partial charge in [0.1, 0.15) is 28.6 Å². The van der Waals surface area contributed by atoms with Crippen LogP contribution in [0.15, 0.2) is 67.0 Å². The third-order valence-corrected chi connectivity index (χ3v) is 10.3. The lowest BCUT2D eigenvalue weighted by atomic mass is 10.00. The van der Waals surface area contributed by atoms with Crippen LogP contribution in [0.2, 0.25) is 0 Å². The molecule has 3 aliphatic rings. The predicted molar refractivity (Wildman–Crippen MR) is 215 cm³/mol. The van der Waals surface area contributed by atoms with Gasteiger partial charge in [0.25, 0.3) is 0 Å². The van der Waals surface area contributed by atoms with Crippen LogP contribution in [0.1, 0.15) is 110 Å². The first-order chi connectivity index (χ1) is 26.8. The quantitative estimate of drug-likeness (QED) is 0.197. The number of carbonyl (C=O) groups is 2. The highest BCUT2D eigenvalue weighted by molar-refractivity contribution is 5.76. The maximum atomic E-state index is 13.4. The van der Waals surface area contributed by atoms with Crippen molar-refractivity contribution < 1.29 is 28.5 Å². The number of benzene rings is 2.